The monoisotopic (exact) mass is 493 g/mol. The number of rotatable bonds is 7. The van der Waals surface area contributed by atoms with E-state index in [0.717, 1.165) is 27.7 Å². The van der Waals surface area contributed by atoms with Crippen LogP contribution >= 0.6 is 0 Å². The summed E-state index contributed by atoms with van der Waals surface area (Å²) in [4.78, 5) is 15.5. The normalized spacial score (nSPS) is 13.1. The van der Waals surface area contributed by atoms with Gasteiger partial charge in [-0.1, -0.05) is 36.4 Å². The molecule has 3 aromatic heterocycles. The van der Waals surface area contributed by atoms with E-state index in [9.17, 15) is 5.11 Å². The standard InChI is InChI=1S/C30H31N5O2/c1-20(2)37-29-27(21-9-7-6-8-10-21)28(34(3)4)24-17-23(11-12-25(24)33-29)30(36,22-13-15-31-16-14-22)26-18-32-19-35(26)5/h6-20,36H,1-5H3. The van der Waals surface area contributed by atoms with Crippen LogP contribution in [0.4, 0.5) is 5.69 Å². The van der Waals surface area contributed by atoms with Gasteiger partial charge in [0, 0.05) is 38.9 Å². The smallest absolute Gasteiger partial charge is 0.224 e. The molecule has 7 heteroatoms. The van der Waals surface area contributed by atoms with E-state index in [1.165, 1.54) is 0 Å². The van der Waals surface area contributed by atoms with Crippen LogP contribution in [0, 0.1) is 0 Å². The van der Waals surface area contributed by atoms with Gasteiger partial charge in [-0.25, -0.2) is 9.97 Å². The molecule has 0 bridgehead atoms. The maximum atomic E-state index is 12.4. The quantitative estimate of drug-likeness (QED) is 0.337. The highest BCUT2D eigenvalue weighted by atomic mass is 16.5. The summed E-state index contributed by atoms with van der Waals surface area (Å²) in [5.74, 6) is 0.584. The minimum absolute atomic E-state index is 0.0386. The van der Waals surface area contributed by atoms with Gasteiger partial charge >= 0.3 is 0 Å². The van der Waals surface area contributed by atoms with Crippen molar-refractivity contribution in [2.45, 2.75) is 25.6 Å². The number of ether oxygens (including phenoxy) is 1. The molecule has 3 heterocycles. The van der Waals surface area contributed by atoms with Gasteiger partial charge in [0.05, 0.1) is 41.1 Å². The van der Waals surface area contributed by atoms with Crippen molar-refractivity contribution in [3.05, 3.63) is 102 Å². The molecule has 1 unspecified atom stereocenters. The van der Waals surface area contributed by atoms with E-state index in [4.69, 9.17) is 9.72 Å². The topological polar surface area (TPSA) is 76.3 Å². The van der Waals surface area contributed by atoms with Crippen LogP contribution < -0.4 is 9.64 Å². The minimum atomic E-state index is -1.45. The Kier molecular flexibility index (Phi) is 6.39. The Morgan fingerprint density at radius 1 is 0.946 bits per heavy atom. The summed E-state index contributed by atoms with van der Waals surface area (Å²) in [6, 6.07) is 19.7. The summed E-state index contributed by atoms with van der Waals surface area (Å²) >= 11 is 0. The zero-order chi connectivity index (χ0) is 26.2. The summed E-state index contributed by atoms with van der Waals surface area (Å²) in [5, 5.41) is 13.3. The molecule has 0 aliphatic carbocycles. The fourth-order valence-electron chi connectivity index (χ4n) is 4.85. The van der Waals surface area contributed by atoms with E-state index < -0.39 is 5.60 Å². The Hall–Kier alpha value is -4.23. The van der Waals surface area contributed by atoms with Crippen molar-refractivity contribution in [3.8, 4) is 17.0 Å². The van der Waals surface area contributed by atoms with Crippen LogP contribution in [0.3, 0.4) is 0 Å². The zero-order valence-electron chi connectivity index (χ0n) is 21.8. The van der Waals surface area contributed by atoms with Crippen LogP contribution in [0.5, 0.6) is 5.88 Å². The van der Waals surface area contributed by atoms with Gasteiger partial charge in [0.1, 0.15) is 0 Å². The first-order valence-corrected chi connectivity index (χ1v) is 12.3. The van der Waals surface area contributed by atoms with Crippen LogP contribution in [0.1, 0.15) is 30.7 Å². The van der Waals surface area contributed by atoms with Gasteiger partial charge in [-0.05, 0) is 54.8 Å². The number of aromatic nitrogens is 4. The summed E-state index contributed by atoms with van der Waals surface area (Å²) in [6.45, 7) is 4.00. The van der Waals surface area contributed by atoms with Gasteiger partial charge in [0.2, 0.25) is 5.88 Å². The highest BCUT2D eigenvalue weighted by molar-refractivity contribution is 6.02. The molecule has 1 N–H and O–H groups in total. The second-order valence-corrected chi connectivity index (χ2v) is 9.64. The number of anilines is 1. The predicted molar refractivity (Wildman–Crippen MR) is 147 cm³/mol. The van der Waals surface area contributed by atoms with Crippen molar-refractivity contribution in [3.63, 3.8) is 0 Å². The molecule has 188 valence electrons. The van der Waals surface area contributed by atoms with Crippen molar-refractivity contribution in [2.75, 3.05) is 19.0 Å². The van der Waals surface area contributed by atoms with E-state index in [0.29, 0.717) is 22.7 Å². The summed E-state index contributed by atoms with van der Waals surface area (Å²) < 4.78 is 8.07. The number of aliphatic hydroxyl groups is 1. The number of imidazole rings is 1. The molecule has 0 aliphatic heterocycles. The van der Waals surface area contributed by atoms with E-state index in [2.05, 4.69) is 27.0 Å². The molecule has 2 aromatic carbocycles. The number of hydrogen-bond donors (Lipinski definition) is 1. The first-order chi connectivity index (χ1) is 17.8. The van der Waals surface area contributed by atoms with Crippen LogP contribution in [-0.2, 0) is 12.6 Å². The van der Waals surface area contributed by atoms with Gasteiger partial charge in [0.25, 0.3) is 0 Å². The Labute approximate surface area is 217 Å². The molecule has 0 fully saturated rings. The number of fused-ring (bicyclic) bond motifs is 1. The SMILES string of the molecule is CC(C)Oc1nc2ccc(C(O)(c3ccncc3)c3cncn3C)cc2c(N(C)C)c1-c1ccccc1. The lowest BCUT2D eigenvalue weighted by molar-refractivity contribution is 0.117. The van der Waals surface area contributed by atoms with Crippen molar-refractivity contribution in [2.24, 2.45) is 7.05 Å². The van der Waals surface area contributed by atoms with Gasteiger partial charge in [0.15, 0.2) is 5.60 Å². The average Bonchev–Trinajstić information content (AvgIpc) is 3.34. The Balaban J connectivity index is 1.84. The maximum absolute atomic E-state index is 12.4. The fraction of sp³-hybridized carbons (Fsp3) is 0.233. The fourth-order valence-corrected chi connectivity index (χ4v) is 4.85. The molecule has 0 spiro atoms. The first kappa shape index (κ1) is 24.5. The molecule has 0 radical (unpaired) electrons. The number of pyridine rings is 2. The minimum Gasteiger partial charge on any atom is -0.474 e. The lowest BCUT2D eigenvalue weighted by atomic mass is 9.83. The molecule has 0 amide bonds. The molecule has 1 atom stereocenters. The van der Waals surface area contributed by atoms with Gasteiger partial charge in [-0.15, -0.1) is 0 Å². The number of hydrogen-bond acceptors (Lipinski definition) is 6. The van der Waals surface area contributed by atoms with Gasteiger partial charge in [-0.3, -0.25) is 4.98 Å². The molecule has 0 saturated heterocycles. The average molecular weight is 494 g/mol. The maximum Gasteiger partial charge on any atom is 0.224 e. The molecule has 0 saturated carbocycles. The zero-order valence-corrected chi connectivity index (χ0v) is 21.8. The molecular formula is C30H31N5O2. The Morgan fingerprint density at radius 3 is 2.30 bits per heavy atom. The van der Waals surface area contributed by atoms with E-state index in [-0.39, 0.29) is 6.10 Å². The van der Waals surface area contributed by atoms with Crippen LogP contribution in [0.25, 0.3) is 22.0 Å². The first-order valence-electron chi connectivity index (χ1n) is 12.3. The molecule has 5 rings (SSSR count). The summed E-state index contributed by atoms with van der Waals surface area (Å²) in [5.41, 5.74) is 4.28. The highest BCUT2D eigenvalue weighted by Gasteiger charge is 2.37. The third-order valence-corrected chi connectivity index (χ3v) is 6.48. The predicted octanol–water partition coefficient (Wildman–Crippen LogP) is 5.17. The highest BCUT2D eigenvalue weighted by Crippen LogP contribution is 2.44. The second kappa shape index (κ2) is 9.67. The molecular weight excluding hydrogens is 462 g/mol. The van der Waals surface area contributed by atoms with Gasteiger partial charge in [-0.2, -0.15) is 0 Å². The van der Waals surface area contributed by atoms with E-state index in [1.807, 2.05) is 88.1 Å². The number of benzene rings is 2. The van der Waals surface area contributed by atoms with E-state index >= 15 is 0 Å². The second-order valence-electron chi connectivity index (χ2n) is 9.64. The van der Waals surface area contributed by atoms with Crippen molar-refractivity contribution < 1.29 is 9.84 Å². The van der Waals surface area contributed by atoms with Crippen LogP contribution in [-0.4, -0.2) is 44.8 Å². The third-order valence-electron chi connectivity index (χ3n) is 6.48. The summed E-state index contributed by atoms with van der Waals surface area (Å²) in [7, 11) is 5.91. The van der Waals surface area contributed by atoms with Gasteiger partial charge < -0.3 is 19.3 Å². The molecule has 37 heavy (non-hydrogen) atoms. The van der Waals surface area contributed by atoms with Crippen LogP contribution in [0.2, 0.25) is 0 Å². The molecule has 7 nitrogen and oxygen atoms in total. The number of aryl methyl sites for hydroxylation is 1. The third kappa shape index (κ3) is 4.32. The van der Waals surface area contributed by atoms with Crippen molar-refractivity contribution in [1.82, 2.24) is 19.5 Å². The summed E-state index contributed by atoms with van der Waals surface area (Å²) in [6.07, 6.45) is 6.73. The van der Waals surface area contributed by atoms with Crippen molar-refractivity contribution >= 4 is 16.6 Å². The van der Waals surface area contributed by atoms with E-state index in [1.54, 1.807) is 24.9 Å². The Morgan fingerprint density at radius 2 is 1.68 bits per heavy atom. The largest absolute Gasteiger partial charge is 0.474 e. The number of nitrogens with zero attached hydrogens (tertiary/aromatic N) is 5. The van der Waals surface area contributed by atoms with Crippen molar-refractivity contribution in [1.29, 1.82) is 0 Å². The molecule has 0 aliphatic rings. The lowest BCUT2D eigenvalue weighted by Gasteiger charge is -2.30. The van der Waals surface area contributed by atoms with Crippen LogP contribution in [0.15, 0.2) is 85.6 Å². The Bertz CT molecular complexity index is 1530. The lowest BCUT2D eigenvalue weighted by Crippen LogP contribution is -2.31. The molecule has 5 aromatic rings.